The summed E-state index contributed by atoms with van der Waals surface area (Å²) < 4.78 is 55.5. The van der Waals surface area contributed by atoms with Gasteiger partial charge < -0.3 is 15.2 Å². The molecule has 2 rings (SSSR count). The highest BCUT2D eigenvalue weighted by Crippen LogP contribution is 2.23. The van der Waals surface area contributed by atoms with E-state index in [-0.39, 0.29) is 0 Å². The number of amides is 1. The number of hydrogen-bond acceptors (Lipinski definition) is 3. The summed E-state index contributed by atoms with van der Waals surface area (Å²) in [6.07, 6.45) is 1.83. The van der Waals surface area contributed by atoms with Crippen LogP contribution in [0.4, 0.5) is 17.6 Å². The van der Waals surface area contributed by atoms with Crippen molar-refractivity contribution in [2.75, 3.05) is 0 Å². The molecule has 1 amide bonds. The van der Waals surface area contributed by atoms with Crippen LogP contribution >= 0.6 is 0 Å². The van der Waals surface area contributed by atoms with E-state index in [2.05, 4.69) is 10.1 Å². The molecule has 2 N–H and O–H groups in total. The monoisotopic (exact) mass is 321 g/mol. The Morgan fingerprint density at radius 1 is 1.23 bits per heavy atom. The fraction of sp³-hybridized carbons (Fsp3) is 0.500. The molecule has 0 heterocycles. The summed E-state index contributed by atoms with van der Waals surface area (Å²) in [5.41, 5.74) is -0.889. The molecule has 4 nitrogen and oxygen atoms in total. The largest absolute Gasteiger partial charge is 0.435 e. The normalized spacial score (nSPS) is 21.7. The quantitative estimate of drug-likeness (QED) is 0.838. The van der Waals surface area contributed by atoms with Gasteiger partial charge in [-0.1, -0.05) is 12.8 Å². The van der Waals surface area contributed by atoms with Gasteiger partial charge >= 0.3 is 6.61 Å². The molecule has 1 aliphatic rings. The van der Waals surface area contributed by atoms with Gasteiger partial charge in [0.2, 0.25) is 0 Å². The maximum atomic E-state index is 13.8. The number of hydrogen-bond donors (Lipinski definition) is 2. The van der Waals surface area contributed by atoms with E-state index in [9.17, 15) is 27.5 Å². The first-order valence-corrected chi connectivity index (χ1v) is 6.81. The summed E-state index contributed by atoms with van der Waals surface area (Å²) >= 11 is 0. The van der Waals surface area contributed by atoms with Crippen LogP contribution in [0.25, 0.3) is 0 Å². The molecule has 1 saturated carbocycles. The third-order valence-corrected chi connectivity index (χ3v) is 3.51. The van der Waals surface area contributed by atoms with Crippen LogP contribution in [-0.4, -0.2) is 29.8 Å². The molecule has 22 heavy (non-hydrogen) atoms. The van der Waals surface area contributed by atoms with E-state index in [0.29, 0.717) is 25.0 Å². The van der Waals surface area contributed by atoms with E-state index in [1.807, 2.05) is 0 Å². The van der Waals surface area contributed by atoms with Gasteiger partial charge in [-0.05, 0) is 12.8 Å². The van der Waals surface area contributed by atoms with E-state index in [1.54, 1.807) is 0 Å². The molecule has 8 heteroatoms. The number of carbonyl (C=O) groups is 1. The van der Waals surface area contributed by atoms with Crippen LogP contribution < -0.4 is 10.1 Å². The van der Waals surface area contributed by atoms with E-state index in [1.165, 1.54) is 0 Å². The van der Waals surface area contributed by atoms with E-state index >= 15 is 0 Å². The second-order valence-corrected chi connectivity index (χ2v) is 5.07. The van der Waals surface area contributed by atoms with Crippen molar-refractivity contribution in [3.8, 4) is 5.75 Å². The Morgan fingerprint density at radius 2 is 1.82 bits per heavy atom. The van der Waals surface area contributed by atoms with Gasteiger partial charge in [0.15, 0.2) is 0 Å². The van der Waals surface area contributed by atoms with Gasteiger partial charge in [-0.2, -0.15) is 8.78 Å². The number of benzene rings is 1. The van der Waals surface area contributed by atoms with Gasteiger partial charge in [0.25, 0.3) is 5.91 Å². The first-order valence-electron chi connectivity index (χ1n) is 6.81. The topological polar surface area (TPSA) is 58.6 Å². The number of halogens is 4. The second kappa shape index (κ2) is 6.95. The molecule has 1 aliphatic carbocycles. The maximum absolute atomic E-state index is 13.8. The number of aliphatic hydroxyl groups is 1. The molecule has 0 aromatic heterocycles. The van der Waals surface area contributed by atoms with Crippen LogP contribution in [0.15, 0.2) is 12.1 Å². The van der Waals surface area contributed by atoms with Crippen LogP contribution in [0.1, 0.15) is 36.0 Å². The Labute approximate surface area is 124 Å². The maximum Gasteiger partial charge on any atom is 0.387 e. The van der Waals surface area contributed by atoms with Crippen molar-refractivity contribution >= 4 is 5.91 Å². The molecule has 2 atom stereocenters. The molecular weight excluding hydrogens is 306 g/mol. The van der Waals surface area contributed by atoms with Gasteiger partial charge in [-0.3, -0.25) is 4.79 Å². The standard InChI is InChI=1S/C14H15F4NO3/c15-8-5-7(22-14(17)18)6-9(16)12(8)13(21)19-10-3-1-2-4-11(10)20/h5-6,10-11,14,20H,1-4H2,(H,19,21). The molecule has 0 spiro atoms. The van der Waals surface area contributed by atoms with Crippen molar-refractivity contribution in [1.29, 1.82) is 0 Å². The van der Waals surface area contributed by atoms with Crippen LogP contribution in [0, 0.1) is 11.6 Å². The SMILES string of the molecule is O=C(NC1CCCCC1O)c1c(F)cc(OC(F)F)cc1F. The summed E-state index contributed by atoms with van der Waals surface area (Å²) in [6.45, 7) is -3.23. The molecule has 1 aromatic carbocycles. The molecule has 122 valence electrons. The van der Waals surface area contributed by atoms with E-state index in [0.717, 1.165) is 12.8 Å². The predicted molar refractivity (Wildman–Crippen MR) is 68.7 cm³/mol. The summed E-state index contributed by atoms with van der Waals surface area (Å²) in [6, 6.07) is 0.445. The number of aliphatic hydroxyl groups excluding tert-OH is 1. The number of ether oxygens (including phenoxy) is 1. The van der Waals surface area contributed by atoms with Gasteiger partial charge in [-0.15, -0.1) is 0 Å². The van der Waals surface area contributed by atoms with Crippen molar-refractivity contribution in [1.82, 2.24) is 5.32 Å². The molecule has 1 aromatic rings. The minimum absolute atomic E-state index is 0.497. The number of alkyl halides is 2. The second-order valence-electron chi connectivity index (χ2n) is 5.07. The molecular formula is C14H15F4NO3. The third-order valence-electron chi connectivity index (χ3n) is 3.51. The van der Waals surface area contributed by atoms with Crippen molar-refractivity contribution < 1.29 is 32.2 Å². The number of carbonyl (C=O) groups excluding carboxylic acids is 1. The Bertz CT molecular complexity index is 530. The Balaban J connectivity index is 2.15. The van der Waals surface area contributed by atoms with Crippen molar-refractivity contribution in [2.24, 2.45) is 0 Å². The number of nitrogens with one attached hydrogen (secondary N) is 1. The molecule has 0 saturated heterocycles. The first-order chi connectivity index (χ1) is 10.4. The van der Waals surface area contributed by atoms with E-state index in [4.69, 9.17) is 0 Å². The highest BCUT2D eigenvalue weighted by molar-refractivity contribution is 5.95. The average molecular weight is 321 g/mol. The van der Waals surface area contributed by atoms with Gasteiger partial charge in [0.05, 0.1) is 12.1 Å². The zero-order valence-corrected chi connectivity index (χ0v) is 11.5. The van der Waals surface area contributed by atoms with Crippen LogP contribution in [-0.2, 0) is 0 Å². The third kappa shape index (κ3) is 3.88. The highest BCUT2D eigenvalue weighted by Gasteiger charge is 2.27. The lowest BCUT2D eigenvalue weighted by atomic mass is 9.92. The fourth-order valence-electron chi connectivity index (χ4n) is 2.46. The summed E-state index contributed by atoms with van der Waals surface area (Å²) in [5.74, 6) is -4.36. The summed E-state index contributed by atoms with van der Waals surface area (Å²) in [4.78, 5) is 11.9. The first kappa shape index (κ1) is 16.5. The lowest BCUT2D eigenvalue weighted by Crippen LogP contribution is -2.45. The van der Waals surface area contributed by atoms with E-state index < -0.39 is 47.6 Å². The predicted octanol–water partition coefficient (Wildman–Crippen LogP) is 2.60. The smallest absolute Gasteiger partial charge is 0.387 e. The zero-order valence-electron chi connectivity index (χ0n) is 11.5. The van der Waals surface area contributed by atoms with Crippen molar-refractivity contribution in [2.45, 2.75) is 44.4 Å². The summed E-state index contributed by atoms with van der Waals surface area (Å²) in [5, 5.41) is 12.1. The summed E-state index contributed by atoms with van der Waals surface area (Å²) in [7, 11) is 0. The molecule has 2 unspecified atom stereocenters. The van der Waals surface area contributed by atoms with Gasteiger partial charge in [0.1, 0.15) is 22.9 Å². The number of rotatable bonds is 4. The fourth-order valence-corrected chi connectivity index (χ4v) is 2.46. The van der Waals surface area contributed by atoms with Gasteiger partial charge in [0, 0.05) is 12.1 Å². The van der Waals surface area contributed by atoms with Crippen LogP contribution in [0.5, 0.6) is 5.75 Å². The lowest BCUT2D eigenvalue weighted by molar-refractivity contribution is -0.0501. The van der Waals surface area contributed by atoms with Crippen molar-refractivity contribution in [3.05, 3.63) is 29.3 Å². The lowest BCUT2D eigenvalue weighted by Gasteiger charge is -2.28. The minimum Gasteiger partial charge on any atom is -0.435 e. The molecule has 0 radical (unpaired) electrons. The zero-order chi connectivity index (χ0) is 16.3. The molecule has 0 bridgehead atoms. The van der Waals surface area contributed by atoms with Crippen molar-refractivity contribution in [3.63, 3.8) is 0 Å². The Morgan fingerprint density at radius 3 is 2.36 bits per heavy atom. The average Bonchev–Trinajstić information content (AvgIpc) is 2.39. The molecule has 0 aliphatic heterocycles. The minimum atomic E-state index is -3.23. The Kier molecular flexibility index (Phi) is 5.23. The van der Waals surface area contributed by atoms with Gasteiger partial charge in [-0.25, -0.2) is 8.78 Å². The molecule has 1 fully saturated rings. The van der Waals surface area contributed by atoms with Crippen LogP contribution in [0.3, 0.4) is 0 Å². The highest BCUT2D eigenvalue weighted by atomic mass is 19.3. The Hall–Kier alpha value is -1.83. The van der Waals surface area contributed by atoms with Crippen LogP contribution in [0.2, 0.25) is 0 Å².